The standard InChI is InChI=1S/C18H27N3O/c1-2-20-11-13-21(14-12-20)10-9-18(22)19-17-8-7-15-5-3-4-6-16(15)17/h3-6,17H,2,7-14H2,1H3,(H,19,22)/t17-/m0/s1. The third-order valence-corrected chi connectivity index (χ3v) is 5.04. The summed E-state index contributed by atoms with van der Waals surface area (Å²) in [6, 6.07) is 8.70. The van der Waals surface area contributed by atoms with Gasteiger partial charge in [0.2, 0.25) is 5.91 Å². The molecule has 1 fully saturated rings. The second-order valence-corrected chi connectivity index (χ2v) is 6.38. The van der Waals surface area contributed by atoms with Crippen molar-refractivity contribution in [2.75, 3.05) is 39.3 Å². The molecule has 0 bridgehead atoms. The minimum absolute atomic E-state index is 0.194. The number of nitrogens with zero attached hydrogens (tertiary/aromatic N) is 2. The molecule has 3 rings (SSSR count). The minimum Gasteiger partial charge on any atom is -0.349 e. The van der Waals surface area contributed by atoms with Crippen molar-refractivity contribution < 1.29 is 4.79 Å². The molecule has 1 aliphatic heterocycles. The van der Waals surface area contributed by atoms with Crippen molar-refractivity contribution in [2.45, 2.75) is 32.2 Å². The lowest BCUT2D eigenvalue weighted by atomic mass is 10.1. The second-order valence-electron chi connectivity index (χ2n) is 6.38. The molecule has 1 N–H and O–H groups in total. The Balaban J connectivity index is 1.42. The van der Waals surface area contributed by atoms with E-state index in [4.69, 9.17) is 0 Å². The van der Waals surface area contributed by atoms with E-state index in [9.17, 15) is 4.79 Å². The van der Waals surface area contributed by atoms with Gasteiger partial charge in [-0.05, 0) is 30.5 Å². The van der Waals surface area contributed by atoms with Crippen molar-refractivity contribution in [3.8, 4) is 0 Å². The Morgan fingerprint density at radius 3 is 2.68 bits per heavy atom. The van der Waals surface area contributed by atoms with E-state index in [1.54, 1.807) is 0 Å². The molecule has 22 heavy (non-hydrogen) atoms. The molecular weight excluding hydrogens is 274 g/mol. The highest BCUT2D eigenvalue weighted by Gasteiger charge is 2.23. The summed E-state index contributed by atoms with van der Waals surface area (Å²) in [6.45, 7) is 8.68. The minimum atomic E-state index is 0.194. The topological polar surface area (TPSA) is 35.6 Å². The van der Waals surface area contributed by atoms with Crippen molar-refractivity contribution in [2.24, 2.45) is 0 Å². The van der Waals surface area contributed by atoms with E-state index >= 15 is 0 Å². The largest absolute Gasteiger partial charge is 0.349 e. The van der Waals surface area contributed by atoms with Gasteiger partial charge in [0.15, 0.2) is 0 Å². The number of amides is 1. The molecule has 0 aromatic heterocycles. The lowest BCUT2D eigenvalue weighted by Gasteiger charge is -2.33. The number of rotatable bonds is 5. The van der Waals surface area contributed by atoms with E-state index in [0.29, 0.717) is 6.42 Å². The fraction of sp³-hybridized carbons (Fsp3) is 0.611. The molecule has 1 atom stereocenters. The van der Waals surface area contributed by atoms with Crippen molar-refractivity contribution >= 4 is 5.91 Å². The fourth-order valence-electron chi connectivity index (χ4n) is 3.56. The molecule has 0 unspecified atom stereocenters. The Kier molecular flexibility index (Phi) is 5.11. The van der Waals surface area contributed by atoms with Crippen LogP contribution in [0, 0.1) is 0 Å². The van der Waals surface area contributed by atoms with E-state index in [1.807, 2.05) is 0 Å². The lowest BCUT2D eigenvalue weighted by Crippen LogP contribution is -2.47. The van der Waals surface area contributed by atoms with Gasteiger partial charge in [-0.2, -0.15) is 0 Å². The van der Waals surface area contributed by atoms with Crippen molar-refractivity contribution in [3.05, 3.63) is 35.4 Å². The van der Waals surface area contributed by atoms with Gasteiger partial charge in [0, 0.05) is 39.1 Å². The number of benzene rings is 1. The number of fused-ring (bicyclic) bond motifs is 1. The first-order valence-corrected chi connectivity index (χ1v) is 8.58. The van der Waals surface area contributed by atoms with Crippen LogP contribution in [0.15, 0.2) is 24.3 Å². The normalized spacial score (nSPS) is 22.5. The Labute approximate surface area is 133 Å². The van der Waals surface area contributed by atoms with Crippen LogP contribution in [0.1, 0.15) is 36.9 Å². The number of aryl methyl sites for hydroxylation is 1. The van der Waals surface area contributed by atoms with E-state index in [-0.39, 0.29) is 11.9 Å². The summed E-state index contributed by atoms with van der Waals surface area (Å²) in [5.74, 6) is 0.194. The van der Waals surface area contributed by atoms with Crippen LogP contribution in [0.4, 0.5) is 0 Å². The molecule has 1 aromatic rings. The molecule has 120 valence electrons. The smallest absolute Gasteiger partial charge is 0.221 e. The molecule has 1 aliphatic carbocycles. The van der Waals surface area contributed by atoms with Crippen molar-refractivity contribution in [1.29, 1.82) is 0 Å². The highest BCUT2D eigenvalue weighted by molar-refractivity contribution is 5.76. The average Bonchev–Trinajstić information content (AvgIpc) is 2.97. The predicted octanol–water partition coefficient (Wildman–Crippen LogP) is 1.82. The van der Waals surface area contributed by atoms with E-state index < -0.39 is 0 Å². The molecule has 0 saturated carbocycles. The Hall–Kier alpha value is -1.39. The van der Waals surface area contributed by atoms with Gasteiger partial charge < -0.3 is 15.1 Å². The molecule has 4 heteroatoms. The quantitative estimate of drug-likeness (QED) is 0.901. The number of nitrogens with one attached hydrogen (secondary N) is 1. The van der Waals surface area contributed by atoms with Crippen LogP contribution in [0.2, 0.25) is 0 Å². The average molecular weight is 301 g/mol. The summed E-state index contributed by atoms with van der Waals surface area (Å²) in [4.78, 5) is 17.1. The monoisotopic (exact) mass is 301 g/mol. The van der Waals surface area contributed by atoms with Crippen LogP contribution in [-0.2, 0) is 11.2 Å². The predicted molar refractivity (Wildman–Crippen MR) is 88.8 cm³/mol. The summed E-state index contributed by atoms with van der Waals surface area (Å²) in [5.41, 5.74) is 2.70. The molecule has 2 aliphatic rings. The zero-order chi connectivity index (χ0) is 15.4. The first-order chi connectivity index (χ1) is 10.8. The van der Waals surface area contributed by atoms with Gasteiger partial charge in [0.25, 0.3) is 0 Å². The first kappa shape index (κ1) is 15.5. The summed E-state index contributed by atoms with van der Waals surface area (Å²) in [5, 5.41) is 3.22. The zero-order valence-electron chi connectivity index (χ0n) is 13.6. The SMILES string of the molecule is CCN1CCN(CCC(=O)N[C@H]2CCc3ccccc32)CC1. The number of carbonyl (C=O) groups excluding carboxylic acids is 1. The van der Waals surface area contributed by atoms with Gasteiger partial charge in [-0.25, -0.2) is 0 Å². The molecule has 4 nitrogen and oxygen atoms in total. The highest BCUT2D eigenvalue weighted by Crippen LogP contribution is 2.30. The summed E-state index contributed by atoms with van der Waals surface area (Å²) >= 11 is 0. The molecular formula is C18H27N3O. The van der Waals surface area contributed by atoms with Crippen LogP contribution < -0.4 is 5.32 Å². The Morgan fingerprint density at radius 1 is 1.18 bits per heavy atom. The van der Waals surface area contributed by atoms with Crippen LogP contribution in [-0.4, -0.2) is 55.0 Å². The number of piperazine rings is 1. The number of likely N-dealkylation sites (N-methyl/N-ethyl adjacent to an activating group) is 1. The van der Waals surface area contributed by atoms with Crippen molar-refractivity contribution in [3.63, 3.8) is 0 Å². The molecule has 0 spiro atoms. The first-order valence-electron chi connectivity index (χ1n) is 8.58. The molecule has 1 saturated heterocycles. The van der Waals surface area contributed by atoms with E-state index in [2.05, 4.69) is 46.3 Å². The van der Waals surface area contributed by atoms with E-state index in [0.717, 1.165) is 52.1 Å². The Bertz CT molecular complexity index is 509. The van der Waals surface area contributed by atoms with Gasteiger partial charge in [0.1, 0.15) is 0 Å². The zero-order valence-corrected chi connectivity index (χ0v) is 13.6. The maximum Gasteiger partial charge on any atom is 0.221 e. The maximum absolute atomic E-state index is 12.2. The molecule has 0 radical (unpaired) electrons. The number of hydrogen-bond donors (Lipinski definition) is 1. The maximum atomic E-state index is 12.2. The Morgan fingerprint density at radius 2 is 1.91 bits per heavy atom. The van der Waals surface area contributed by atoms with Crippen LogP contribution in [0.3, 0.4) is 0 Å². The van der Waals surface area contributed by atoms with Gasteiger partial charge in [0.05, 0.1) is 6.04 Å². The summed E-state index contributed by atoms with van der Waals surface area (Å²) in [7, 11) is 0. The van der Waals surface area contributed by atoms with Gasteiger partial charge in [-0.3, -0.25) is 4.79 Å². The third-order valence-electron chi connectivity index (χ3n) is 5.04. The summed E-state index contributed by atoms with van der Waals surface area (Å²) < 4.78 is 0. The van der Waals surface area contributed by atoms with Crippen LogP contribution in [0.5, 0.6) is 0 Å². The molecule has 1 amide bonds. The van der Waals surface area contributed by atoms with Crippen LogP contribution >= 0.6 is 0 Å². The van der Waals surface area contributed by atoms with Gasteiger partial charge in [-0.1, -0.05) is 31.2 Å². The number of carbonyl (C=O) groups is 1. The lowest BCUT2D eigenvalue weighted by molar-refractivity contribution is -0.122. The third kappa shape index (κ3) is 3.68. The van der Waals surface area contributed by atoms with E-state index in [1.165, 1.54) is 11.1 Å². The summed E-state index contributed by atoms with van der Waals surface area (Å²) in [6.07, 6.45) is 2.74. The fourth-order valence-corrected chi connectivity index (χ4v) is 3.56. The highest BCUT2D eigenvalue weighted by atomic mass is 16.1. The van der Waals surface area contributed by atoms with Crippen molar-refractivity contribution in [1.82, 2.24) is 15.1 Å². The number of hydrogen-bond acceptors (Lipinski definition) is 3. The molecule has 1 heterocycles. The molecule has 1 aromatic carbocycles. The van der Waals surface area contributed by atoms with Crippen LogP contribution in [0.25, 0.3) is 0 Å². The second kappa shape index (κ2) is 7.25. The van der Waals surface area contributed by atoms with Gasteiger partial charge in [-0.15, -0.1) is 0 Å². The van der Waals surface area contributed by atoms with Gasteiger partial charge >= 0.3 is 0 Å².